The van der Waals surface area contributed by atoms with Crippen LogP contribution in [-0.4, -0.2) is 50.3 Å². The number of carbonyl (C=O) groups excluding carboxylic acids is 1. The van der Waals surface area contributed by atoms with Crippen LogP contribution < -0.4 is 19.7 Å². The lowest BCUT2D eigenvalue weighted by Gasteiger charge is -2.35. The van der Waals surface area contributed by atoms with E-state index in [1.165, 1.54) is 0 Å². The molecule has 1 fully saturated rings. The number of carbonyl (C=O) groups is 1. The van der Waals surface area contributed by atoms with E-state index < -0.39 is 0 Å². The van der Waals surface area contributed by atoms with Crippen molar-refractivity contribution >= 4 is 28.9 Å². The lowest BCUT2D eigenvalue weighted by atomic mass is 10.2. The van der Waals surface area contributed by atoms with Gasteiger partial charge in [-0.05, 0) is 30.3 Å². The van der Waals surface area contributed by atoms with Crippen molar-refractivity contribution in [2.45, 2.75) is 0 Å². The first-order chi connectivity index (χ1) is 12.7. The molecule has 26 heavy (non-hydrogen) atoms. The van der Waals surface area contributed by atoms with Crippen molar-refractivity contribution in [2.75, 3.05) is 49.7 Å². The number of hydrogen-bond donors (Lipinski definition) is 1. The van der Waals surface area contributed by atoms with Crippen LogP contribution in [0, 0.1) is 0 Å². The Morgan fingerprint density at radius 1 is 1.04 bits per heavy atom. The predicted octanol–water partition coefficient (Wildman–Crippen LogP) is 2.83. The summed E-state index contributed by atoms with van der Waals surface area (Å²) in [6, 6.07) is 13.3. The van der Waals surface area contributed by atoms with E-state index in [0.29, 0.717) is 18.0 Å². The Morgan fingerprint density at radius 3 is 2.65 bits per heavy atom. The second-order valence-electron chi connectivity index (χ2n) is 6.36. The molecular formula is C19H20ClN3O3. The van der Waals surface area contributed by atoms with Crippen molar-refractivity contribution in [1.82, 2.24) is 4.90 Å². The molecule has 6 nitrogen and oxygen atoms in total. The number of nitrogens with zero attached hydrogens (tertiary/aromatic N) is 2. The number of ether oxygens (including phenoxy) is 2. The Hall–Kier alpha value is -2.44. The highest BCUT2D eigenvalue weighted by molar-refractivity contribution is 6.30. The minimum Gasteiger partial charge on any atom is -0.454 e. The minimum atomic E-state index is -0.0277. The summed E-state index contributed by atoms with van der Waals surface area (Å²) in [4.78, 5) is 16.8. The second kappa shape index (κ2) is 7.43. The van der Waals surface area contributed by atoms with E-state index in [-0.39, 0.29) is 12.7 Å². The van der Waals surface area contributed by atoms with Crippen LogP contribution >= 0.6 is 11.6 Å². The van der Waals surface area contributed by atoms with Crippen LogP contribution in [0.2, 0.25) is 5.02 Å². The number of halogens is 1. The monoisotopic (exact) mass is 373 g/mol. The Kier molecular flexibility index (Phi) is 4.86. The smallest absolute Gasteiger partial charge is 0.238 e. The van der Waals surface area contributed by atoms with Gasteiger partial charge in [-0.2, -0.15) is 0 Å². The summed E-state index contributed by atoms with van der Waals surface area (Å²) < 4.78 is 10.6. The molecule has 0 radical (unpaired) electrons. The second-order valence-corrected chi connectivity index (χ2v) is 6.80. The van der Waals surface area contributed by atoms with Gasteiger partial charge in [0.2, 0.25) is 12.7 Å². The molecule has 1 N–H and O–H groups in total. The van der Waals surface area contributed by atoms with E-state index in [9.17, 15) is 4.79 Å². The zero-order valence-corrected chi connectivity index (χ0v) is 15.0. The molecule has 0 unspecified atom stereocenters. The third-order valence-corrected chi connectivity index (χ3v) is 4.80. The van der Waals surface area contributed by atoms with Crippen LogP contribution in [0.25, 0.3) is 0 Å². The first kappa shape index (κ1) is 17.0. The Labute approximate surface area is 157 Å². The van der Waals surface area contributed by atoms with E-state index in [4.69, 9.17) is 21.1 Å². The Bertz CT molecular complexity index is 806. The largest absolute Gasteiger partial charge is 0.454 e. The van der Waals surface area contributed by atoms with Crippen molar-refractivity contribution in [3.63, 3.8) is 0 Å². The predicted molar refractivity (Wildman–Crippen MR) is 101 cm³/mol. The van der Waals surface area contributed by atoms with Gasteiger partial charge in [0.1, 0.15) is 0 Å². The van der Waals surface area contributed by atoms with Crippen LogP contribution in [0.4, 0.5) is 11.4 Å². The van der Waals surface area contributed by atoms with Crippen LogP contribution in [0.15, 0.2) is 42.5 Å². The third-order valence-electron chi connectivity index (χ3n) is 4.57. The van der Waals surface area contributed by atoms with E-state index in [1.807, 2.05) is 30.3 Å². The maximum atomic E-state index is 12.3. The molecule has 0 aliphatic carbocycles. The van der Waals surface area contributed by atoms with E-state index >= 15 is 0 Å². The zero-order chi connectivity index (χ0) is 17.9. The molecule has 1 amide bonds. The number of hydrogen-bond acceptors (Lipinski definition) is 5. The standard InChI is InChI=1S/C19H20ClN3O3/c20-14-2-1-3-16(10-14)23-8-6-22(7-9-23)12-19(24)21-15-4-5-17-18(11-15)26-13-25-17/h1-5,10-11H,6-9,12-13H2,(H,21,24). The molecule has 2 heterocycles. The Morgan fingerprint density at radius 2 is 1.85 bits per heavy atom. The zero-order valence-electron chi connectivity index (χ0n) is 14.3. The first-order valence-electron chi connectivity index (χ1n) is 8.60. The van der Waals surface area contributed by atoms with Gasteiger partial charge in [0, 0.05) is 48.6 Å². The number of fused-ring (bicyclic) bond motifs is 1. The van der Waals surface area contributed by atoms with Crippen LogP contribution in [0.5, 0.6) is 11.5 Å². The quantitative estimate of drug-likeness (QED) is 0.893. The summed E-state index contributed by atoms with van der Waals surface area (Å²) in [5, 5.41) is 3.67. The topological polar surface area (TPSA) is 54.0 Å². The van der Waals surface area contributed by atoms with Crippen molar-refractivity contribution in [2.24, 2.45) is 0 Å². The fourth-order valence-electron chi connectivity index (χ4n) is 3.21. The van der Waals surface area contributed by atoms with Gasteiger partial charge in [-0.25, -0.2) is 0 Å². The third kappa shape index (κ3) is 3.86. The molecule has 2 aromatic rings. The van der Waals surface area contributed by atoms with Crippen molar-refractivity contribution in [3.05, 3.63) is 47.5 Å². The molecule has 0 aromatic heterocycles. The van der Waals surface area contributed by atoms with E-state index in [2.05, 4.69) is 21.2 Å². The molecular weight excluding hydrogens is 354 g/mol. The molecule has 1 saturated heterocycles. The van der Waals surface area contributed by atoms with E-state index in [1.54, 1.807) is 6.07 Å². The molecule has 7 heteroatoms. The number of amides is 1. The van der Waals surface area contributed by atoms with Gasteiger partial charge in [-0.15, -0.1) is 0 Å². The summed E-state index contributed by atoms with van der Waals surface area (Å²) in [7, 11) is 0. The lowest BCUT2D eigenvalue weighted by Crippen LogP contribution is -2.48. The first-order valence-corrected chi connectivity index (χ1v) is 8.97. The molecule has 0 bridgehead atoms. The molecule has 4 rings (SSSR count). The van der Waals surface area contributed by atoms with Gasteiger partial charge in [0.05, 0.1) is 6.54 Å². The normalized spacial score (nSPS) is 16.6. The lowest BCUT2D eigenvalue weighted by molar-refractivity contribution is -0.117. The summed E-state index contributed by atoms with van der Waals surface area (Å²) in [6.07, 6.45) is 0. The molecule has 0 saturated carbocycles. The summed E-state index contributed by atoms with van der Waals surface area (Å²) in [5.74, 6) is 1.35. The van der Waals surface area contributed by atoms with E-state index in [0.717, 1.165) is 42.6 Å². The highest BCUT2D eigenvalue weighted by Gasteiger charge is 2.20. The van der Waals surface area contributed by atoms with Crippen molar-refractivity contribution in [3.8, 4) is 11.5 Å². The van der Waals surface area contributed by atoms with Crippen molar-refractivity contribution in [1.29, 1.82) is 0 Å². The van der Waals surface area contributed by atoms with Gasteiger partial charge >= 0.3 is 0 Å². The molecule has 0 atom stereocenters. The molecule has 0 spiro atoms. The average molecular weight is 374 g/mol. The fraction of sp³-hybridized carbons (Fsp3) is 0.316. The van der Waals surface area contributed by atoms with Crippen LogP contribution in [0.3, 0.4) is 0 Å². The molecule has 2 aromatic carbocycles. The summed E-state index contributed by atoms with van der Waals surface area (Å²) in [6.45, 7) is 4.01. The maximum Gasteiger partial charge on any atom is 0.238 e. The summed E-state index contributed by atoms with van der Waals surface area (Å²) in [5.41, 5.74) is 1.85. The van der Waals surface area contributed by atoms with Crippen molar-refractivity contribution < 1.29 is 14.3 Å². The van der Waals surface area contributed by atoms with Gasteiger partial charge in [-0.3, -0.25) is 9.69 Å². The summed E-state index contributed by atoms with van der Waals surface area (Å²) >= 11 is 6.07. The van der Waals surface area contributed by atoms with Gasteiger partial charge < -0.3 is 19.7 Å². The number of anilines is 2. The SMILES string of the molecule is O=C(CN1CCN(c2cccc(Cl)c2)CC1)Nc1ccc2c(c1)OCO2. The Balaban J connectivity index is 1.28. The average Bonchev–Trinajstić information content (AvgIpc) is 3.10. The minimum absolute atomic E-state index is 0.0277. The van der Waals surface area contributed by atoms with Gasteiger partial charge in [0.15, 0.2) is 11.5 Å². The van der Waals surface area contributed by atoms with Crippen LogP contribution in [0.1, 0.15) is 0 Å². The maximum absolute atomic E-state index is 12.3. The highest BCUT2D eigenvalue weighted by Crippen LogP contribution is 2.34. The number of nitrogens with one attached hydrogen (secondary N) is 1. The molecule has 136 valence electrons. The molecule has 2 aliphatic rings. The van der Waals surface area contributed by atoms with Gasteiger partial charge in [-0.1, -0.05) is 17.7 Å². The molecule has 2 aliphatic heterocycles. The number of benzene rings is 2. The number of rotatable bonds is 4. The van der Waals surface area contributed by atoms with Gasteiger partial charge in [0.25, 0.3) is 0 Å². The fourth-order valence-corrected chi connectivity index (χ4v) is 3.40. The highest BCUT2D eigenvalue weighted by atomic mass is 35.5. The number of piperazine rings is 1. The van der Waals surface area contributed by atoms with Crippen LogP contribution in [-0.2, 0) is 4.79 Å².